The first kappa shape index (κ1) is 10.5. The molecule has 0 amide bonds. The molecule has 0 N–H and O–H groups in total. The van der Waals surface area contributed by atoms with Gasteiger partial charge >= 0.3 is 9.28 Å². The Morgan fingerprint density at radius 3 is 2.30 bits per heavy atom. The lowest BCUT2D eigenvalue weighted by Crippen LogP contribution is -2.18. The molecule has 10 heavy (non-hydrogen) atoms. The molecular weight excluding hydrogens is 164 g/mol. The van der Waals surface area contributed by atoms with Gasteiger partial charge in [0.25, 0.3) is 0 Å². The van der Waals surface area contributed by atoms with Crippen molar-refractivity contribution in [2.45, 2.75) is 12.5 Å². The van der Waals surface area contributed by atoms with Crippen LogP contribution in [0, 0.1) is 0 Å². The lowest BCUT2D eigenvalue weighted by molar-refractivity contribution is 0.277. The Morgan fingerprint density at radius 2 is 1.90 bits per heavy atom. The van der Waals surface area contributed by atoms with Crippen molar-refractivity contribution in [1.29, 1.82) is 0 Å². The quantitative estimate of drug-likeness (QED) is 0.453. The molecule has 0 unspecified atom stereocenters. The van der Waals surface area contributed by atoms with Crippen LogP contribution in [-0.4, -0.2) is 35.5 Å². The zero-order chi connectivity index (χ0) is 7.82. The Hall–Kier alpha value is 0.487. The summed E-state index contributed by atoms with van der Waals surface area (Å²) < 4.78 is 10.3. The van der Waals surface area contributed by atoms with Gasteiger partial charge in [0.05, 0.1) is 0 Å². The molecule has 0 saturated carbocycles. The average molecular weight is 180 g/mol. The third-order valence-electron chi connectivity index (χ3n) is 1.31. The highest BCUT2D eigenvalue weighted by molar-refractivity contribution is 7.98. The highest BCUT2D eigenvalue weighted by Crippen LogP contribution is 2.03. The fraction of sp³-hybridized carbons (Fsp3) is 1.00. The molecule has 0 fully saturated rings. The number of rotatable bonds is 6. The van der Waals surface area contributed by atoms with E-state index in [1.807, 2.05) is 11.8 Å². The first-order valence-electron chi connectivity index (χ1n) is 3.39. The molecule has 0 saturated heterocycles. The van der Waals surface area contributed by atoms with Crippen LogP contribution >= 0.6 is 11.8 Å². The number of thioether (sulfide) groups is 1. The Labute approximate surface area is 69.1 Å². The van der Waals surface area contributed by atoms with Crippen LogP contribution in [0.1, 0.15) is 6.42 Å². The average Bonchev–Trinajstić information content (AvgIpc) is 1.99. The van der Waals surface area contributed by atoms with E-state index < -0.39 is 9.28 Å². The van der Waals surface area contributed by atoms with Gasteiger partial charge in [0.1, 0.15) is 0 Å². The van der Waals surface area contributed by atoms with Crippen LogP contribution in [0.15, 0.2) is 0 Å². The summed E-state index contributed by atoms with van der Waals surface area (Å²) in [4.78, 5) is 0. The molecule has 0 heterocycles. The van der Waals surface area contributed by atoms with Crippen LogP contribution in [0.5, 0.6) is 0 Å². The third kappa shape index (κ3) is 5.29. The standard InChI is InChI=1S/C6H16O2SSi/c1-7-10(8-2)6-4-5-9-3/h10H,4-6H2,1-3H3. The SMILES string of the molecule is CO[SiH](CCCSC)OC. The lowest BCUT2D eigenvalue weighted by atomic mass is 10.6. The van der Waals surface area contributed by atoms with Crippen molar-refractivity contribution in [3.05, 3.63) is 0 Å². The normalized spacial score (nSPS) is 10.8. The van der Waals surface area contributed by atoms with E-state index in [1.54, 1.807) is 14.2 Å². The van der Waals surface area contributed by atoms with Crippen molar-refractivity contribution in [1.82, 2.24) is 0 Å². The zero-order valence-electron chi connectivity index (χ0n) is 6.92. The van der Waals surface area contributed by atoms with Gasteiger partial charge in [-0.2, -0.15) is 11.8 Å². The molecule has 0 bridgehead atoms. The summed E-state index contributed by atoms with van der Waals surface area (Å²) in [7, 11) is 2.23. The molecule has 0 radical (unpaired) electrons. The summed E-state index contributed by atoms with van der Waals surface area (Å²) >= 11 is 1.88. The van der Waals surface area contributed by atoms with Gasteiger partial charge in [0, 0.05) is 14.2 Å². The molecule has 0 aromatic rings. The van der Waals surface area contributed by atoms with E-state index in [0.717, 1.165) is 6.04 Å². The molecule has 0 aromatic heterocycles. The molecule has 62 valence electrons. The summed E-state index contributed by atoms with van der Waals surface area (Å²) in [5.74, 6) is 1.22. The van der Waals surface area contributed by atoms with Crippen LogP contribution in [0.2, 0.25) is 6.04 Å². The van der Waals surface area contributed by atoms with E-state index in [-0.39, 0.29) is 0 Å². The molecule has 0 rings (SSSR count). The van der Waals surface area contributed by atoms with E-state index in [9.17, 15) is 0 Å². The van der Waals surface area contributed by atoms with Gasteiger partial charge in [-0.15, -0.1) is 0 Å². The maximum absolute atomic E-state index is 5.15. The fourth-order valence-electron chi connectivity index (χ4n) is 0.726. The van der Waals surface area contributed by atoms with Gasteiger partial charge < -0.3 is 8.85 Å². The lowest BCUT2D eigenvalue weighted by Gasteiger charge is -2.09. The molecular formula is C6H16O2SSi. The first-order valence-corrected chi connectivity index (χ1v) is 6.55. The molecule has 4 heteroatoms. The molecule has 0 aliphatic carbocycles. The van der Waals surface area contributed by atoms with Crippen molar-refractivity contribution in [2.24, 2.45) is 0 Å². The topological polar surface area (TPSA) is 18.5 Å². The second-order valence-corrected chi connectivity index (χ2v) is 5.40. The monoisotopic (exact) mass is 180 g/mol. The molecule has 0 atom stereocenters. The van der Waals surface area contributed by atoms with Crippen molar-refractivity contribution in [3.63, 3.8) is 0 Å². The van der Waals surface area contributed by atoms with Gasteiger partial charge in [-0.3, -0.25) is 0 Å². The number of hydrogen-bond acceptors (Lipinski definition) is 3. The first-order chi connectivity index (χ1) is 4.85. The Bertz CT molecular complexity index is 68.8. The van der Waals surface area contributed by atoms with E-state index in [2.05, 4.69) is 6.26 Å². The van der Waals surface area contributed by atoms with Gasteiger partial charge in [-0.1, -0.05) is 0 Å². The van der Waals surface area contributed by atoms with Crippen molar-refractivity contribution >= 4 is 21.0 Å². The van der Waals surface area contributed by atoms with Crippen LogP contribution in [0.4, 0.5) is 0 Å². The second-order valence-electron chi connectivity index (χ2n) is 2.04. The second kappa shape index (κ2) is 7.59. The summed E-state index contributed by atoms with van der Waals surface area (Å²) in [5, 5.41) is 0. The smallest absolute Gasteiger partial charge is 0.320 e. The van der Waals surface area contributed by atoms with Crippen molar-refractivity contribution in [2.75, 3.05) is 26.2 Å². The minimum absolute atomic E-state index is 1.13. The minimum atomic E-state index is -1.24. The molecule has 0 aliphatic rings. The van der Waals surface area contributed by atoms with Crippen LogP contribution in [0.3, 0.4) is 0 Å². The van der Waals surface area contributed by atoms with Crippen molar-refractivity contribution < 1.29 is 8.85 Å². The summed E-state index contributed by atoms with van der Waals surface area (Å²) in [6.45, 7) is 0. The van der Waals surface area contributed by atoms with Crippen LogP contribution in [-0.2, 0) is 8.85 Å². The van der Waals surface area contributed by atoms with Gasteiger partial charge in [0.15, 0.2) is 0 Å². The molecule has 2 nitrogen and oxygen atoms in total. The van der Waals surface area contributed by atoms with Crippen molar-refractivity contribution in [3.8, 4) is 0 Å². The highest BCUT2D eigenvalue weighted by Gasteiger charge is 2.07. The predicted molar refractivity (Wildman–Crippen MR) is 49.0 cm³/mol. The predicted octanol–water partition coefficient (Wildman–Crippen LogP) is 1.25. The maximum atomic E-state index is 5.15. The summed E-state index contributed by atoms with van der Waals surface area (Å²) in [6, 6.07) is 1.13. The van der Waals surface area contributed by atoms with Crippen LogP contribution < -0.4 is 0 Å². The highest BCUT2D eigenvalue weighted by atomic mass is 32.2. The third-order valence-corrected chi connectivity index (χ3v) is 3.94. The Morgan fingerprint density at radius 1 is 1.30 bits per heavy atom. The fourth-order valence-corrected chi connectivity index (χ4v) is 2.68. The van der Waals surface area contributed by atoms with Gasteiger partial charge in [0.2, 0.25) is 0 Å². The summed E-state index contributed by atoms with van der Waals surface area (Å²) in [6.07, 6.45) is 3.34. The van der Waals surface area contributed by atoms with E-state index in [0.29, 0.717) is 0 Å². The number of hydrogen-bond donors (Lipinski definition) is 0. The van der Waals surface area contributed by atoms with Gasteiger partial charge in [-0.25, -0.2) is 0 Å². The molecule has 0 aliphatic heterocycles. The van der Waals surface area contributed by atoms with E-state index >= 15 is 0 Å². The Kier molecular flexibility index (Phi) is 7.96. The minimum Gasteiger partial charge on any atom is -0.400 e. The maximum Gasteiger partial charge on any atom is 0.320 e. The molecule has 0 spiro atoms. The van der Waals surface area contributed by atoms with E-state index in [4.69, 9.17) is 8.85 Å². The largest absolute Gasteiger partial charge is 0.400 e. The molecule has 0 aromatic carbocycles. The summed E-state index contributed by atoms with van der Waals surface area (Å²) in [5.41, 5.74) is 0. The Balaban J connectivity index is 3.09. The van der Waals surface area contributed by atoms with E-state index in [1.165, 1.54) is 12.2 Å². The van der Waals surface area contributed by atoms with Gasteiger partial charge in [-0.05, 0) is 24.5 Å². The van der Waals surface area contributed by atoms with Crippen LogP contribution in [0.25, 0.3) is 0 Å². The zero-order valence-corrected chi connectivity index (χ0v) is 8.89.